The van der Waals surface area contributed by atoms with Gasteiger partial charge in [-0.05, 0) is 147 Å². The Morgan fingerprint density at radius 2 is 1.24 bits per heavy atom. The van der Waals surface area contributed by atoms with Crippen LogP contribution in [0.25, 0.3) is 36.9 Å². The van der Waals surface area contributed by atoms with Crippen LogP contribution in [-0.4, -0.2) is 16.8 Å². The van der Waals surface area contributed by atoms with Crippen molar-refractivity contribution in [1.29, 1.82) is 0 Å². The zero-order valence-electron chi connectivity index (χ0n) is 42.0. The highest BCUT2D eigenvalue weighted by Gasteiger charge is 2.58. The maximum absolute atomic E-state index is 2.81. The zero-order valence-corrected chi connectivity index (χ0v) is 42.8. The van der Waals surface area contributed by atoms with E-state index in [2.05, 4.69) is 207 Å². The minimum Gasteiger partial charge on any atom is -0.334 e. The first-order valence-corrected chi connectivity index (χ1v) is 26.2. The second-order valence-electron chi connectivity index (χ2n) is 25.2. The van der Waals surface area contributed by atoms with E-state index in [1.807, 2.05) is 11.3 Å². The molecule has 5 heteroatoms. The Kier molecular flexibility index (Phi) is 8.31. The van der Waals surface area contributed by atoms with Gasteiger partial charge in [-0.3, -0.25) is 0 Å². The molecule has 1 fully saturated rings. The van der Waals surface area contributed by atoms with Crippen molar-refractivity contribution >= 4 is 94.1 Å². The first-order chi connectivity index (χ1) is 31.7. The molecule has 67 heavy (non-hydrogen) atoms. The highest BCUT2D eigenvalue weighted by molar-refractivity contribution is 7.26. The van der Waals surface area contributed by atoms with Gasteiger partial charge in [0.2, 0.25) is 0 Å². The Balaban J connectivity index is 1.13. The van der Waals surface area contributed by atoms with Crippen LogP contribution in [0.5, 0.6) is 0 Å². The molecule has 0 saturated heterocycles. The lowest BCUT2D eigenvalue weighted by Gasteiger charge is -2.50. The number of aromatic nitrogens is 1. The van der Waals surface area contributed by atoms with Crippen molar-refractivity contribution in [2.45, 2.75) is 154 Å². The molecule has 3 nitrogen and oxygen atoms in total. The highest BCUT2D eigenvalue weighted by Crippen LogP contribution is 2.62. The number of nitrogens with zero attached hydrogens (tertiary/aromatic N) is 3. The van der Waals surface area contributed by atoms with E-state index in [1.54, 1.807) is 0 Å². The summed E-state index contributed by atoms with van der Waals surface area (Å²) in [5, 5.41) is 4.12. The molecule has 0 radical (unpaired) electrons. The number of thiophene rings is 1. The van der Waals surface area contributed by atoms with Gasteiger partial charge in [0.25, 0.3) is 6.71 Å². The maximum Gasteiger partial charge on any atom is 0.252 e. The zero-order chi connectivity index (χ0) is 46.5. The van der Waals surface area contributed by atoms with Gasteiger partial charge in [0.05, 0.1) is 11.1 Å². The number of anilines is 5. The molecule has 2 unspecified atom stereocenters. The van der Waals surface area contributed by atoms with Crippen LogP contribution in [-0.2, 0) is 27.1 Å². The second kappa shape index (κ2) is 13.3. The van der Waals surface area contributed by atoms with Crippen LogP contribution in [0.3, 0.4) is 0 Å². The van der Waals surface area contributed by atoms with E-state index in [4.69, 9.17) is 0 Å². The van der Waals surface area contributed by atoms with Gasteiger partial charge in [-0.25, -0.2) is 0 Å². The molecule has 6 aromatic carbocycles. The van der Waals surface area contributed by atoms with Crippen LogP contribution in [0.15, 0.2) is 109 Å². The van der Waals surface area contributed by atoms with E-state index in [0.29, 0.717) is 0 Å². The Bertz CT molecular complexity index is 3460. The van der Waals surface area contributed by atoms with E-state index in [1.165, 1.54) is 148 Å². The van der Waals surface area contributed by atoms with Gasteiger partial charge in [0.1, 0.15) is 4.83 Å². The standard InChI is InChI=1S/C62H66BN3S/c1-57(2,3)37-22-27-48-45(32-37)61(11)28-15-16-29-62(61,12)66(48)40-24-26-46-49(36-40)64(39-23-25-43-44(35-39)60(9,10)31-30-59(43,7)8)50-33-38(58(4,5)6)34-51-54(50)63(46)47-20-17-19-42-53-41-18-13-14-21-52(41)67-56(53)65(51)55(42)47/h13-14,17-27,32-36H,15-16,28-31H2,1-12H3. The summed E-state index contributed by atoms with van der Waals surface area (Å²) in [5.74, 6) is 0. The molecular formula is C62H66BN3S. The second-order valence-corrected chi connectivity index (χ2v) is 26.2. The molecule has 338 valence electrons. The number of fused-ring (bicyclic) bond motifs is 13. The molecule has 2 aliphatic carbocycles. The molecule has 0 N–H and O–H groups in total. The number of para-hydroxylation sites is 1. The normalized spacial score (nSPS) is 22.2. The molecule has 0 spiro atoms. The van der Waals surface area contributed by atoms with E-state index < -0.39 is 0 Å². The molecule has 3 aliphatic heterocycles. The predicted molar refractivity (Wildman–Crippen MR) is 291 cm³/mol. The highest BCUT2D eigenvalue weighted by atomic mass is 32.1. The first kappa shape index (κ1) is 41.9. The van der Waals surface area contributed by atoms with Gasteiger partial charge < -0.3 is 14.4 Å². The summed E-state index contributed by atoms with van der Waals surface area (Å²) in [4.78, 5) is 6.88. The Labute approximate surface area is 403 Å². The Hall–Kier alpha value is -5.26. The van der Waals surface area contributed by atoms with Gasteiger partial charge in [0.15, 0.2) is 0 Å². The van der Waals surface area contributed by atoms with Gasteiger partial charge in [-0.2, -0.15) is 0 Å². The molecule has 5 heterocycles. The summed E-state index contributed by atoms with van der Waals surface area (Å²) in [5.41, 5.74) is 21.1. The third-order valence-corrected chi connectivity index (χ3v) is 19.5. The fourth-order valence-electron chi connectivity index (χ4n) is 14.1. The van der Waals surface area contributed by atoms with Crippen molar-refractivity contribution < 1.29 is 0 Å². The summed E-state index contributed by atoms with van der Waals surface area (Å²) in [6.07, 6.45) is 7.30. The van der Waals surface area contributed by atoms with Gasteiger partial charge >= 0.3 is 0 Å². The SMILES string of the molecule is CC(C)(C)c1cc2c3c(c1)-n1c4sc5ccccc5c4c4cccc(c41)B3c1ccc(N3c4ccc(C(C)(C)C)cc4C4(C)CCCCC34C)cc1N2c1ccc2c(c1)C(C)(C)CCC2(C)C. The van der Waals surface area contributed by atoms with Gasteiger partial charge in [-0.1, -0.05) is 150 Å². The predicted octanol–water partition coefficient (Wildman–Crippen LogP) is 15.3. The third-order valence-electron chi connectivity index (χ3n) is 18.3. The summed E-state index contributed by atoms with van der Waals surface area (Å²) in [6.45, 7) is 29.4. The summed E-state index contributed by atoms with van der Waals surface area (Å²) >= 11 is 1.95. The number of hydrogen-bond donors (Lipinski definition) is 0. The molecule has 8 aromatic rings. The molecule has 2 aromatic heterocycles. The van der Waals surface area contributed by atoms with Gasteiger partial charge in [-0.15, -0.1) is 11.3 Å². The lowest BCUT2D eigenvalue weighted by atomic mass is 9.33. The smallest absolute Gasteiger partial charge is 0.252 e. The molecule has 0 amide bonds. The third kappa shape index (κ3) is 5.47. The van der Waals surface area contributed by atoms with Crippen LogP contribution in [0.2, 0.25) is 0 Å². The van der Waals surface area contributed by atoms with Crippen LogP contribution < -0.4 is 26.2 Å². The summed E-state index contributed by atoms with van der Waals surface area (Å²) < 4.78 is 4.04. The molecule has 13 rings (SSSR count). The minimum absolute atomic E-state index is 0.0405. The van der Waals surface area contributed by atoms with Crippen LogP contribution in [0.1, 0.15) is 149 Å². The molecule has 1 saturated carbocycles. The van der Waals surface area contributed by atoms with Crippen molar-refractivity contribution in [3.63, 3.8) is 0 Å². The van der Waals surface area contributed by atoms with Gasteiger partial charge in [0, 0.05) is 60.4 Å². The fraction of sp³-hybridized carbons (Fsp3) is 0.387. The van der Waals surface area contributed by atoms with E-state index in [0.717, 1.165) is 0 Å². The van der Waals surface area contributed by atoms with E-state index >= 15 is 0 Å². The minimum atomic E-state index is -0.0790. The molecule has 2 atom stereocenters. The van der Waals surface area contributed by atoms with Crippen molar-refractivity contribution in [2.75, 3.05) is 9.80 Å². The van der Waals surface area contributed by atoms with Crippen molar-refractivity contribution in [3.8, 4) is 5.69 Å². The summed E-state index contributed by atoms with van der Waals surface area (Å²) in [7, 11) is 0. The van der Waals surface area contributed by atoms with E-state index in [-0.39, 0.29) is 39.3 Å². The fourth-order valence-corrected chi connectivity index (χ4v) is 15.3. The van der Waals surface area contributed by atoms with Crippen LogP contribution in [0, 0.1) is 0 Å². The maximum atomic E-state index is 2.81. The Morgan fingerprint density at radius 3 is 2.01 bits per heavy atom. The largest absolute Gasteiger partial charge is 0.334 e. The topological polar surface area (TPSA) is 11.4 Å². The Morgan fingerprint density at radius 1 is 0.537 bits per heavy atom. The van der Waals surface area contributed by atoms with Crippen molar-refractivity contribution in [2.24, 2.45) is 0 Å². The number of hydrogen-bond acceptors (Lipinski definition) is 3. The van der Waals surface area contributed by atoms with E-state index in [9.17, 15) is 0 Å². The van der Waals surface area contributed by atoms with Crippen LogP contribution in [0.4, 0.5) is 28.4 Å². The average Bonchev–Trinajstić information content (AvgIpc) is 3.89. The summed E-state index contributed by atoms with van der Waals surface area (Å²) in [6, 6.07) is 44.2. The molecule has 5 aliphatic rings. The number of benzene rings is 6. The van der Waals surface area contributed by atoms with Crippen molar-refractivity contribution in [1.82, 2.24) is 4.57 Å². The lowest BCUT2D eigenvalue weighted by molar-refractivity contribution is 0.195. The molecular weight excluding hydrogens is 830 g/mol. The lowest BCUT2D eigenvalue weighted by Crippen LogP contribution is -2.60. The molecule has 0 bridgehead atoms. The van der Waals surface area contributed by atoms with Crippen LogP contribution >= 0.6 is 11.3 Å². The quantitative estimate of drug-likeness (QED) is 0.160. The number of rotatable bonds is 2. The first-order valence-electron chi connectivity index (χ1n) is 25.4. The average molecular weight is 896 g/mol. The van der Waals surface area contributed by atoms with Crippen molar-refractivity contribution in [3.05, 3.63) is 137 Å². The monoisotopic (exact) mass is 896 g/mol.